The van der Waals surface area contributed by atoms with Crippen molar-refractivity contribution in [1.82, 2.24) is 0 Å². The summed E-state index contributed by atoms with van der Waals surface area (Å²) in [6, 6.07) is 15.1. The first-order valence-corrected chi connectivity index (χ1v) is 12.0. The molecule has 12 nitrogen and oxygen atoms in total. The molecule has 0 spiro atoms. The van der Waals surface area contributed by atoms with Crippen LogP contribution in [0.25, 0.3) is 0 Å². The number of carbonyl (C=O) groups excluding carboxylic acids is 3. The number of hydrogen-bond donors (Lipinski definition) is 3. The predicted octanol–water partition coefficient (Wildman–Crippen LogP) is 4.49. The van der Waals surface area contributed by atoms with Gasteiger partial charge in [0.15, 0.2) is 46.0 Å². The molecule has 0 bridgehead atoms. The molecule has 0 heterocycles. The van der Waals surface area contributed by atoms with Crippen molar-refractivity contribution in [2.45, 2.75) is 0 Å². The van der Waals surface area contributed by atoms with Gasteiger partial charge in [-0.05, 0) is 66.7 Å². The molecule has 0 aliphatic heterocycles. The van der Waals surface area contributed by atoms with Crippen LogP contribution in [0, 0.1) is 0 Å². The van der Waals surface area contributed by atoms with Crippen LogP contribution in [0.3, 0.4) is 0 Å². The highest BCUT2D eigenvalue weighted by atomic mass is 16.6. The van der Waals surface area contributed by atoms with Crippen molar-refractivity contribution in [3.63, 3.8) is 0 Å². The zero-order chi connectivity index (χ0) is 30.4. The van der Waals surface area contributed by atoms with E-state index in [0.717, 1.165) is 6.07 Å². The summed E-state index contributed by atoms with van der Waals surface area (Å²) in [6.45, 7) is 0. The second kappa shape index (κ2) is 12.5. The number of carbonyl (C=O) groups is 3. The first kappa shape index (κ1) is 29.1. The third kappa shape index (κ3) is 6.45. The van der Waals surface area contributed by atoms with Gasteiger partial charge in [-0.15, -0.1) is 0 Å². The first-order valence-electron chi connectivity index (χ1n) is 12.0. The van der Waals surface area contributed by atoms with Crippen molar-refractivity contribution < 1.29 is 58.1 Å². The maximum Gasteiger partial charge on any atom is 0.343 e. The zero-order valence-corrected chi connectivity index (χ0v) is 22.4. The molecule has 216 valence electrons. The van der Waals surface area contributed by atoms with Gasteiger partial charge >= 0.3 is 17.9 Å². The molecule has 0 fully saturated rings. The highest BCUT2D eigenvalue weighted by Gasteiger charge is 2.21. The Kier molecular flexibility index (Phi) is 8.66. The van der Waals surface area contributed by atoms with E-state index >= 15 is 0 Å². The lowest BCUT2D eigenvalue weighted by Gasteiger charge is -2.14. The Balaban J connectivity index is 1.66. The molecule has 4 aromatic rings. The monoisotopic (exact) mass is 576 g/mol. The topological polar surface area (TPSA) is 167 Å². The van der Waals surface area contributed by atoms with Gasteiger partial charge in [-0.25, -0.2) is 14.4 Å². The number of methoxy groups -OCH3 is 3. The van der Waals surface area contributed by atoms with E-state index in [2.05, 4.69) is 0 Å². The van der Waals surface area contributed by atoms with Crippen LogP contribution < -0.4 is 28.4 Å². The molecule has 0 aliphatic carbocycles. The maximum absolute atomic E-state index is 13.0. The molecule has 4 aromatic carbocycles. The number of aromatic hydroxyl groups is 3. The third-order valence-corrected chi connectivity index (χ3v) is 5.78. The molecular weight excluding hydrogens is 552 g/mol. The van der Waals surface area contributed by atoms with E-state index < -0.39 is 17.9 Å². The van der Waals surface area contributed by atoms with E-state index in [9.17, 15) is 29.7 Å². The lowest BCUT2D eigenvalue weighted by atomic mass is 10.2. The second-order valence-electron chi connectivity index (χ2n) is 8.44. The Morgan fingerprint density at radius 3 is 1.24 bits per heavy atom. The van der Waals surface area contributed by atoms with E-state index in [-0.39, 0.29) is 68.4 Å². The Morgan fingerprint density at radius 1 is 0.452 bits per heavy atom. The van der Waals surface area contributed by atoms with Gasteiger partial charge in [0.25, 0.3) is 0 Å². The molecule has 0 saturated carbocycles. The molecule has 0 amide bonds. The molecule has 3 N–H and O–H groups in total. The molecule has 0 unspecified atom stereocenters. The quantitative estimate of drug-likeness (QED) is 0.189. The van der Waals surface area contributed by atoms with Gasteiger partial charge in [0.05, 0.1) is 38.0 Å². The largest absolute Gasteiger partial charge is 0.504 e. The van der Waals surface area contributed by atoms with E-state index in [4.69, 9.17) is 28.4 Å². The van der Waals surface area contributed by atoms with Crippen molar-refractivity contribution in [1.29, 1.82) is 0 Å². The summed E-state index contributed by atoms with van der Waals surface area (Å²) in [5.74, 6) is -3.66. The average molecular weight is 577 g/mol. The molecule has 0 atom stereocenters. The highest BCUT2D eigenvalue weighted by molar-refractivity contribution is 5.95. The summed E-state index contributed by atoms with van der Waals surface area (Å²) in [5, 5.41) is 29.5. The Labute approximate surface area is 238 Å². The summed E-state index contributed by atoms with van der Waals surface area (Å²) >= 11 is 0. The molecule has 0 aromatic heterocycles. The second-order valence-corrected chi connectivity index (χ2v) is 8.44. The van der Waals surface area contributed by atoms with Gasteiger partial charge < -0.3 is 43.7 Å². The average Bonchev–Trinajstić information content (AvgIpc) is 2.98. The van der Waals surface area contributed by atoms with Gasteiger partial charge in [-0.3, -0.25) is 0 Å². The van der Waals surface area contributed by atoms with E-state index in [1.165, 1.54) is 88.1 Å². The minimum atomic E-state index is -0.913. The number of ether oxygens (including phenoxy) is 6. The van der Waals surface area contributed by atoms with Crippen LogP contribution in [-0.2, 0) is 0 Å². The Hall–Kier alpha value is -5.91. The van der Waals surface area contributed by atoms with Crippen LogP contribution in [0.15, 0.2) is 72.8 Å². The number of phenols is 3. The molecule has 0 aliphatic rings. The SMILES string of the molecule is COc1cc(C(=O)Oc2ccc(OC(=O)c3ccc(O)c(OC)c3)c(OC(=O)c3ccc(O)c(OC)c3)c2)ccc1O. The van der Waals surface area contributed by atoms with Crippen molar-refractivity contribution in [2.24, 2.45) is 0 Å². The van der Waals surface area contributed by atoms with Crippen molar-refractivity contribution >= 4 is 17.9 Å². The van der Waals surface area contributed by atoms with Gasteiger partial charge in [-0.1, -0.05) is 0 Å². The maximum atomic E-state index is 13.0. The lowest BCUT2D eigenvalue weighted by molar-refractivity contribution is 0.0679. The number of phenolic OH excluding ortho intramolecular Hbond substituents is 3. The van der Waals surface area contributed by atoms with Crippen molar-refractivity contribution in [3.8, 4) is 51.7 Å². The molecule has 12 heteroatoms. The molecule has 0 saturated heterocycles. The summed E-state index contributed by atoms with van der Waals surface area (Å²) in [6.07, 6.45) is 0. The van der Waals surface area contributed by atoms with Crippen LogP contribution in [0.1, 0.15) is 31.1 Å². The highest BCUT2D eigenvalue weighted by Crippen LogP contribution is 2.35. The fourth-order valence-electron chi connectivity index (χ4n) is 3.61. The Bertz CT molecular complexity index is 1660. The van der Waals surface area contributed by atoms with Gasteiger partial charge in [0, 0.05) is 6.07 Å². The summed E-state index contributed by atoms with van der Waals surface area (Å²) in [4.78, 5) is 38.7. The van der Waals surface area contributed by atoms with Gasteiger partial charge in [0.2, 0.25) is 0 Å². The van der Waals surface area contributed by atoms with Gasteiger partial charge in [-0.2, -0.15) is 0 Å². The van der Waals surface area contributed by atoms with Crippen LogP contribution in [0.5, 0.6) is 51.7 Å². The smallest absolute Gasteiger partial charge is 0.343 e. The van der Waals surface area contributed by atoms with Crippen molar-refractivity contribution in [2.75, 3.05) is 21.3 Å². The summed E-state index contributed by atoms with van der Waals surface area (Å²) in [5.41, 5.74) is 0.0573. The normalized spacial score (nSPS) is 10.4. The van der Waals surface area contributed by atoms with Crippen LogP contribution in [0.2, 0.25) is 0 Å². The molecular formula is C30H24O12. The fourth-order valence-corrected chi connectivity index (χ4v) is 3.61. The third-order valence-electron chi connectivity index (χ3n) is 5.78. The Morgan fingerprint density at radius 2 is 0.833 bits per heavy atom. The van der Waals surface area contributed by atoms with E-state index in [1.807, 2.05) is 0 Å². The van der Waals surface area contributed by atoms with E-state index in [0.29, 0.717) is 0 Å². The number of esters is 3. The zero-order valence-electron chi connectivity index (χ0n) is 22.4. The van der Waals surface area contributed by atoms with Crippen LogP contribution >= 0.6 is 0 Å². The van der Waals surface area contributed by atoms with E-state index in [1.54, 1.807) is 0 Å². The summed E-state index contributed by atoms with van der Waals surface area (Å²) in [7, 11) is 3.94. The number of rotatable bonds is 9. The van der Waals surface area contributed by atoms with Crippen LogP contribution in [-0.4, -0.2) is 54.6 Å². The molecule has 4 rings (SSSR count). The van der Waals surface area contributed by atoms with Gasteiger partial charge in [0.1, 0.15) is 5.75 Å². The molecule has 0 radical (unpaired) electrons. The standard InChI is InChI=1S/C30H24O12/c1-37-24-12-16(4-8-20(24)31)28(34)40-19-7-11-23(41-29(35)17-5-9-21(32)25(13-17)38-2)27(15-19)42-30(36)18-6-10-22(33)26(14-18)39-3/h4-15,31-33H,1-3H3. The minimum Gasteiger partial charge on any atom is -0.504 e. The number of benzene rings is 4. The predicted molar refractivity (Wildman–Crippen MR) is 145 cm³/mol. The minimum absolute atomic E-state index is 0.0104. The molecule has 42 heavy (non-hydrogen) atoms. The first-order chi connectivity index (χ1) is 20.1. The fraction of sp³-hybridized carbons (Fsp3) is 0.100. The van der Waals surface area contributed by atoms with Crippen LogP contribution in [0.4, 0.5) is 0 Å². The van der Waals surface area contributed by atoms with Crippen molar-refractivity contribution in [3.05, 3.63) is 89.5 Å². The summed E-state index contributed by atoms with van der Waals surface area (Å²) < 4.78 is 31.4. The number of hydrogen-bond acceptors (Lipinski definition) is 12. The lowest BCUT2D eigenvalue weighted by Crippen LogP contribution is -2.14.